The Kier molecular flexibility index (Phi) is 9.29. The molecule has 0 aromatic heterocycles. The van der Waals surface area contributed by atoms with Gasteiger partial charge in [-0.2, -0.15) is 5.26 Å². The van der Waals surface area contributed by atoms with E-state index in [1.54, 1.807) is 6.08 Å². The molecular formula is C33H31ClN2O. The van der Waals surface area contributed by atoms with E-state index in [2.05, 4.69) is 49.0 Å². The third-order valence-corrected chi connectivity index (χ3v) is 7.12. The molecule has 0 amide bonds. The van der Waals surface area contributed by atoms with Crippen LogP contribution in [0.4, 0.5) is 0 Å². The van der Waals surface area contributed by atoms with E-state index in [1.807, 2.05) is 89.8 Å². The molecule has 2 unspecified atom stereocenters. The van der Waals surface area contributed by atoms with Crippen molar-refractivity contribution in [2.24, 2.45) is 0 Å². The van der Waals surface area contributed by atoms with Crippen LogP contribution < -0.4 is 0 Å². The molecule has 4 aromatic rings. The Bertz CT molecular complexity index is 1180. The molecule has 4 aromatic carbocycles. The first kappa shape index (κ1) is 26.4. The molecule has 0 saturated heterocycles. The summed E-state index contributed by atoms with van der Waals surface area (Å²) in [6, 6.07) is 42.8. The average Bonchev–Trinajstić information content (AvgIpc) is 2.97. The van der Waals surface area contributed by atoms with Gasteiger partial charge in [0.25, 0.3) is 0 Å². The predicted octanol–water partition coefficient (Wildman–Crippen LogP) is 7.36. The summed E-state index contributed by atoms with van der Waals surface area (Å²) in [5.41, 5.74) is 3.17. The molecule has 37 heavy (non-hydrogen) atoms. The third kappa shape index (κ3) is 6.01. The van der Waals surface area contributed by atoms with Crippen LogP contribution in [0.25, 0.3) is 0 Å². The summed E-state index contributed by atoms with van der Waals surface area (Å²) >= 11 is 7.14. The molecule has 0 bridgehead atoms. The van der Waals surface area contributed by atoms with E-state index in [-0.39, 0.29) is 19.2 Å². The van der Waals surface area contributed by atoms with Gasteiger partial charge in [0.1, 0.15) is 5.60 Å². The summed E-state index contributed by atoms with van der Waals surface area (Å²) in [7, 11) is 0. The minimum Gasteiger partial charge on any atom is -0.359 e. The maximum Gasteiger partial charge on any atom is 0.143 e. The molecule has 0 spiro atoms. The largest absolute Gasteiger partial charge is 0.359 e. The van der Waals surface area contributed by atoms with Gasteiger partial charge in [-0.1, -0.05) is 127 Å². The average molecular weight is 507 g/mol. The van der Waals surface area contributed by atoms with Crippen molar-refractivity contribution >= 4 is 11.6 Å². The number of hydrogen-bond acceptors (Lipinski definition) is 3. The van der Waals surface area contributed by atoms with Crippen LogP contribution >= 0.6 is 11.6 Å². The minimum atomic E-state index is -0.873. The summed E-state index contributed by atoms with van der Waals surface area (Å²) in [5.74, 6) is 0. The van der Waals surface area contributed by atoms with Crippen molar-refractivity contribution in [1.29, 1.82) is 5.26 Å². The molecule has 2 atom stereocenters. The molecule has 3 nitrogen and oxygen atoms in total. The zero-order valence-corrected chi connectivity index (χ0v) is 21.5. The first-order valence-electron chi connectivity index (χ1n) is 12.4. The summed E-state index contributed by atoms with van der Waals surface area (Å²) in [5, 5.41) is 9.22. The van der Waals surface area contributed by atoms with Gasteiger partial charge in [-0.15, -0.1) is 18.2 Å². The summed E-state index contributed by atoms with van der Waals surface area (Å²) in [4.78, 5) is 2.03. The Hall–Kier alpha value is -3.68. The number of halogens is 1. The summed E-state index contributed by atoms with van der Waals surface area (Å²) in [6.07, 6.45) is 1.80. The highest BCUT2D eigenvalue weighted by Gasteiger charge is 2.39. The van der Waals surface area contributed by atoms with Gasteiger partial charge in [-0.3, -0.25) is 4.90 Å². The van der Waals surface area contributed by atoms with E-state index in [0.29, 0.717) is 6.54 Å². The monoisotopic (exact) mass is 506 g/mol. The van der Waals surface area contributed by atoms with Crippen LogP contribution in [0.5, 0.6) is 0 Å². The second kappa shape index (κ2) is 13.0. The summed E-state index contributed by atoms with van der Waals surface area (Å²) < 4.78 is 7.10. The molecule has 186 valence electrons. The van der Waals surface area contributed by atoms with Crippen molar-refractivity contribution < 1.29 is 4.74 Å². The van der Waals surface area contributed by atoms with Crippen LogP contribution in [-0.2, 0) is 10.3 Å². The van der Waals surface area contributed by atoms with Crippen molar-refractivity contribution in [3.8, 4) is 6.07 Å². The van der Waals surface area contributed by atoms with E-state index >= 15 is 0 Å². The van der Waals surface area contributed by atoms with Crippen molar-refractivity contribution in [1.82, 2.24) is 4.90 Å². The lowest BCUT2D eigenvalue weighted by Crippen LogP contribution is -2.45. The fourth-order valence-electron chi connectivity index (χ4n) is 4.79. The number of nitriles is 1. The molecule has 0 radical (unpaired) electrons. The van der Waals surface area contributed by atoms with Crippen LogP contribution in [0, 0.1) is 11.3 Å². The Morgan fingerprint density at radius 1 is 0.784 bits per heavy atom. The molecule has 0 saturated carbocycles. The number of ether oxygens (including phenoxy) is 1. The quantitative estimate of drug-likeness (QED) is 0.0871. The highest BCUT2D eigenvalue weighted by atomic mass is 35.5. The van der Waals surface area contributed by atoms with Crippen LogP contribution in [0.3, 0.4) is 0 Å². The fourth-order valence-corrected chi connectivity index (χ4v) is 5.16. The molecule has 0 heterocycles. The number of benzene rings is 4. The van der Waals surface area contributed by atoms with Crippen molar-refractivity contribution in [3.63, 3.8) is 0 Å². The predicted molar refractivity (Wildman–Crippen MR) is 151 cm³/mol. The van der Waals surface area contributed by atoms with Gasteiger partial charge in [0.05, 0.1) is 30.6 Å². The smallest absolute Gasteiger partial charge is 0.143 e. The second-order valence-electron chi connectivity index (χ2n) is 8.85. The number of nitrogens with zero attached hydrogens (tertiary/aromatic N) is 2. The first-order valence-corrected chi connectivity index (χ1v) is 12.9. The number of alkyl halides is 1. The zero-order valence-electron chi connectivity index (χ0n) is 20.8. The molecule has 0 aliphatic rings. The fraction of sp³-hybridized carbons (Fsp3) is 0.182. The lowest BCUT2D eigenvalue weighted by atomic mass is 9.80. The highest BCUT2D eigenvalue weighted by Crippen LogP contribution is 2.41. The maximum absolute atomic E-state index is 9.62. The van der Waals surface area contributed by atoms with Crippen molar-refractivity contribution in [3.05, 3.63) is 156 Å². The zero-order chi connectivity index (χ0) is 25.9. The molecule has 0 aliphatic carbocycles. The third-order valence-electron chi connectivity index (χ3n) is 6.57. The van der Waals surface area contributed by atoms with Crippen molar-refractivity contribution in [2.75, 3.05) is 19.7 Å². The van der Waals surface area contributed by atoms with E-state index in [4.69, 9.17) is 16.3 Å². The molecule has 0 fully saturated rings. The van der Waals surface area contributed by atoms with Crippen molar-refractivity contribution in [2.45, 2.75) is 17.0 Å². The standard InChI is InChI=1S/C33H31ClN2O/c1-2-24-36(25-23-35)31(32(34)27-15-7-3-8-16-27)26-37-33(28-17-9-4-10-18-28,29-19-11-5-12-20-29)30-21-13-6-14-22-30/h2-22,31-32H,1,24-26H2. The molecular weight excluding hydrogens is 476 g/mol. The normalized spacial score (nSPS) is 13.0. The summed E-state index contributed by atoms with van der Waals surface area (Å²) in [6.45, 7) is 4.94. The van der Waals surface area contributed by atoms with Crippen LogP contribution in [-0.4, -0.2) is 30.6 Å². The lowest BCUT2D eigenvalue weighted by molar-refractivity contribution is -0.0206. The Morgan fingerprint density at radius 3 is 1.62 bits per heavy atom. The van der Waals surface area contributed by atoms with E-state index in [9.17, 15) is 5.26 Å². The van der Waals surface area contributed by atoms with Gasteiger partial charge in [0, 0.05) is 6.54 Å². The van der Waals surface area contributed by atoms with E-state index in [0.717, 1.165) is 22.3 Å². The van der Waals surface area contributed by atoms with Gasteiger partial charge in [-0.05, 0) is 22.3 Å². The van der Waals surface area contributed by atoms with Gasteiger partial charge >= 0.3 is 0 Å². The topological polar surface area (TPSA) is 36.3 Å². The second-order valence-corrected chi connectivity index (χ2v) is 9.32. The van der Waals surface area contributed by atoms with Gasteiger partial charge in [-0.25, -0.2) is 0 Å². The number of hydrogen-bond donors (Lipinski definition) is 0. The minimum absolute atomic E-state index is 0.213. The molecule has 4 rings (SSSR count). The van der Waals surface area contributed by atoms with E-state index in [1.165, 1.54) is 0 Å². The molecule has 0 N–H and O–H groups in total. The van der Waals surface area contributed by atoms with Crippen LogP contribution in [0.1, 0.15) is 27.6 Å². The van der Waals surface area contributed by atoms with Gasteiger partial charge < -0.3 is 4.74 Å². The van der Waals surface area contributed by atoms with Gasteiger partial charge in [0.2, 0.25) is 0 Å². The lowest BCUT2D eigenvalue weighted by Gasteiger charge is -2.40. The van der Waals surface area contributed by atoms with Crippen LogP contribution in [0.2, 0.25) is 0 Å². The van der Waals surface area contributed by atoms with Gasteiger partial charge in [0.15, 0.2) is 0 Å². The van der Waals surface area contributed by atoms with Crippen LogP contribution in [0.15, 0.2) is 134 Å². The Labute approximate surface area is 225 Å². The number of rotatable bonds is 12. The van der Waals surface area contributed by atoms with E-state index < -0.39 is 11.0 Å². The first-order chi connectivity index (χ1) is 18.2. The molecule has 4 heteroatoms. The Morgan fingerprint density at radius 2 is 1.22 bits per heavy atom. The maximum atomic E-state index is 9.62. The SMILES string of the molecule is C=CCN(CC#N)C(COC(c1ccccc1)(c1ccccc1)c1ccccc1)C(Cl)c1ccccc1. The highest BCUT2D eigenvalue weighted by molar-refractivity contribution is 6.21. The Balaban J connectivity index is 1.83. The molecule has 0 aliphatic heterocycles.